The summed E-state index contributed by atoms with van der Waals surface area (Å²) >= 11 is 0. The van der Waals surface area contributed by atoms with Gasteiger partial charge in [-0.25, -0.2) is 0 Å². The summed E-state index contributed by atoms with van der Waals surface area (Å²) in [7, 11) is 0. The fourth-order valence-corrected chi connectivity index (χ4v) is 4.14. The predicted octanol–water partition coefficient (Wildman–Crippen LogP) is 4.54. The minimum atomic E-state index is -0.446. The molecule has 5 rings (SSSR count). The Labute approximate surface area is 167 Å². The van der Waals surface area contributed by atoms with Gasteiger partial charge in [-0.05, 0) is 11.1 Å². The second-order valence-corrected chi connectivity index (χ2v) is 7.30. The molecule has 2 heterocycles. The van der Waals surface area contributed by atoms with Crippen LogP contribution in [0.25, 0.3) is 0 Å². The molecule has 3 aromatic carbocycles. The zero-order valence-corrected chi connectivity index (χ0v) is 15.5. The monoisotopic (exact) mass is 386 g/mol. The average molecular weight is 386 g/mol. The smallest absolute Gasteiger partial charge is 0.312 e. The van der Waals surface area contributed by atoms with E-state index in [0.29, 0.717) is 5.56 Å². The van der Waals surface area contributed by atoms with E-state index in [-0.39, 0.29) is 53.3 Å². The Bertz CT molecular complexity index is 1110. The van der Waals surface area contributed by atoms with E-state index in [2.05, 4.69) is 0 Å². The molecule has 2 atom stereocenters. The van der Waals surface area contributed by atoms with Crippen LogP contribution in [0.15, 0.2) is 66.7 Å². The highest BCUT2D eigenvalue weighted by atomic mass is 16.5. The number of esters is 1. The van der Waals surface area contributed by atoms with Crippen LogP contribution in [0.4, 0.5) is 0 Å². The van der Waals surface area contributed by atoms with Gasteiger partial charge in [0.2, 0.25) is 0 Å². The standard InChI is InChI=1S/C24H18O5/c25-17-12-18(15-9-5-2-6-10-15)28-20-13-19-22(24(27)23(17)20)16(11-21(26)29-19)14-7-3-1-4-8-14/h1-10,13,16,18,27H,11-12H2/t16-,18-/m1/s1. The van der Waals surface area contributed by atoms with Crippen LogP contribution in [-0.2, 0) is 4.79 Å². The summed E-state index contributed by atoms with van der Waals surface area (Å²) in [6.07, 6.45) is -0.206. The first-order chi connectivity index (χ1) is 14.1. The number of fused-ring (bicyclic) bond motifs is 2. The number of rotatable bonds is 2. The first kappa shape index (κ1) is 17.5. The van der Waals surface area contributed by atoms with Crippen molar-refractivity contribution in [3.63, 3.8) is 0 Å². The van der Waals surface area contributed by atoms with Crippen molar-refractivity contribution in [3.05, 3.63) is 89.0 Å². The lowest BCUT2D eigenvalue weighted by molar-refractivity contribution is -0.135. The molecule has 0 saturated carbocycles. The normalized spacial score (nSPS) is 20.3. The van der Waals surface area contributed by atoms with Crippen LogP contribution < -0.4 is 9.47 Å². The van der Waals surface area contributed by atoms with Gasteiger partial charge >= 0.3 is 5.97 Å². The van der Waals surface area contributed by atoms with Crippen LogP contribution in [0.3, 0.4) is 0 Å². The van der Waals surface area contributed by atoms with Crippen LogP contribution in [0.2, 0.25) is 0 Å². The average Bonchev–Trinajstić information content (AvgIpc) is 2.74. The van der Waals surface area contributed by atoms with Gasteiger partial charge in [-0.2, -0.15) is 0 Å². The lowest BCUT2D eigenvalue weighted by Gasteiger charge is -2.31. The largest absolute Gasteiger partial charge is 0.507 e. The fourth-order valence-electron chi connectivity index (χ4n) is 4.14. The first-order valence-corrected chi connectivity index (χ1v) is 9.52. The van der Waals surface area contributed by atoms with Crippen molar-refractivity contribution < 1.29 is 24.2 Å². The van der Waals surface area contributed by atoms with Crippen LogP contribution >= 0.6 is 0 Å². The minimum absolute atomic E-state index is 0.102. The lowest BCUT2D eigenvalue weighted by atomic mass is 9.83. The van der Waals surface area contributed by atoms with E-state index >= 15 is 0 Å². The molecule has 0 fully saturated rings. The number of Topliss-reactive ketones (excluding diaryl/α,β-unsaturated/α-hetero) is 1. The maximum Gasteiger partial charge on any atom is 0.312 e. The van der Waals surface area contributed by atoms with E-state index in [4.69, 9.17) is 9.47 Å². The zero-order chi connectivity index (χ0) is 20.0. The number of phenolic OH excluding ortho intramolecular Hbond substituents is 1. The molecule has 0 amide bonds. The Kier molecular flexibility index (Phi) is 4.09. The van der Waals surface area contributed by atoms with Crippen LogP contribution in [0.5, 0.6) is 17.2 Å². The van der Waals surface area contributed by atoms with Crippen LogP contribution in [0, 0.1) is 0 Å². The zero-order valence-electron chi connectivity index (χ0n) is 15.5. The minimum Gasteiger partial charge on any atom is -0.507 e. The Hall–Kier alpha value is -3.60. The summed E-state index contributed by atoms with van der Waals surface area (Å²) in [6.45, 7) is 0. The van der Waals surface area contributed by atoms with E-state index in [1.807, 2.05) is 60.7 Å². The molecular weight excluding hydrogens is 368 g/mol. The third kappa shape index (κ3) is 2.95. The van der Waals surface area contributed by atoms with Gasteiger partial charge < -0.3 is 14.6 Å². The number of carbonyl (C=O) groups excluding carboxylic acids is 2. The Morgan fingerprint density at radius 1 is 0.828 bits per heavy atom. The molecule has 5 heteroatoms. The fraction of sp³-hybridized carbons (Fsp3) is 0.167. The topological polar surface area (TPSA) is 72.8 Å². The van der Waals surface area contributed by atoms with Crippen molar-refractivity contribution in [1.29, 1.82) is 0 Å². The number of ether oxygens (including phenoxy) is 2. The maximum absolute atomic E-state index is 12.9. The van der Waals surface area contributed by atoms with Crippen molar-refractivity contribution in [3.8, 4) is 17.2 Å². The highest BCUT2D eigenvalue weighted by Crippen LogP contribution is 2.51. The number of phenols is 1. The summed E-state index contributed by atoms with van der Waals surface area (Å²) < 4.78 is 11.5. The van der Waals surface area contributed by atoms with Crippen molar-refractivity contribution in [2.75, 3.05) is 0 Å². The molecule has 144 valence electrons. The van der Waals surface area contributed by atoms with E-state index in [0.717, 1.165) is 11.1 Å². The number of hydrogen-bond donors (Lipinski definition) is 1. The quantitative estimate of drug-likeness (QED) is 0.517. The van der Waals surface area contributed by atoms with Gasteiger partial charge in [0.25, 0.3) is 0 Å². The third-order valence-corrected chi connectivity index (χ3v) is 5.50. The summed E-state index contributed by atoms with van der Waals surface area (Å²) in [5.74, 6) is -0.620. The van der Waals surface area contributed by atoms with Gasteiger partial charge in [0.15, 0.2) is 5.78 Å². The maximum atomic E-state index is 12.9. The van der Waals surface area contributed by atoms with Gasteiger partial charge in [0.1, 0.15) is 28.9 Å². The lowest BCUT2D eigenvalue weighted by Crippen LogP contribution is -2.25. The van der Waals surface area contributed by atoms with Crippen LogP contribution in [-0.4, -0.2) is 16.9 Å². The molecule has 0 saturated heterocycles. The number of carbonyl (C=O) groups is 2. The van der Waals surface area contributed by atoms with E-state index in [1.54, 1.807) is 6.07 Å². The Morgan fingerprint density at radius 3 is 2.17 bits per heavy atom. The van der Waals surface area contributed by atoms with E-state index in [1.165, 1.54) is 0 Å². The second-order valence-electron chi connectivity index (χ2n) is 7.30. The number of hydrogen-bond acceptors (Lipinski definition) is 5. The summed E-state index contributed by atoms with van der Waals surface area (Å²) in [5.41, 5.74) is 2.38. The number of ketones is 1. The summed E-state index contributed by atoms with van der Waals surface area (Å²) in [6, 6.07) is 20.5. The molecule has 0 spiro atoms. The van der Waals surface area contributed by atoms with E-state index < -0.39 is 6.10 Å². The molecule has 0 bridgehead atoms. The Morgan fingerprint density at radius 2 is 1.48 bits per heavy atom. The second kappa shape index (κ2) is 6.78. The molecule has 5 nitrogen and oxygen atoms in total. The van der Waals surface area contributed by atoms with Crippen molar-refractivity contribution in [1.82, 2.24) is 0 Å². The van der Waals surface area contributed by atoms with Crippen molar-refractivity contribution in [2.24, 2.45) is 0 Å². The molecule has 2 aliphatic heterocycles. The number of benzene rings is 3. The van der Waals surface area contributed by atoms with Gasteiger partial charge in [-0.1, -0.05) is 60.7 Å². The number of aromatic hydroxyl groups is 1. The molecule has 1 N–H and O–H groups in total. The summed E-state index contributed by atoms with van der Waals surface area (Å²) in [4.78, 5) is 25.2. The molecular formula is C24H18O5. The van der Waals surface area contributed by atoms with Gasteiger partial charge in [0.05, 0.1) is 12.8 Å². The first-order valence-electron chi connectivity index (χ1n) is 9.52. The summed E-state index contributed by atoms with van der Waals surface area (Å²) in [5, 5.41) is 11.0. The highest BCUT2D eigenvalue weighted by molar-refractivity contribution is 6.03. The van der Waals surface area contributed by atoms with Crippen molar-refractivity contribution in [2.45, 2.75) is 24.9 Å². The molecule has 0 aliphatic carbocycles. The SMILES string of the molecule is O=C1C[C@H](c2ccccc2)c2c(cc3c(c2O)C(=O)C[C@H](c2ccccc2)O3)O1. The van der Waals surface area contributed by atoms with E-state index in [9.17, 15) is 14.7 Å². The van der Waals surface area contributed by atoms with Gasteiger partial charge in [0, 0.05) is 17.5 Å². The van der Waals surface area contributed by atoms with Crippen molar-refractivity contribution >= 4 is 11.8 Å². The van der Waals surface area contributed by atoms with Gasteiger partial charge in [-0.15, -0.1) is 0 Å². The molecule has 3 aromatic rings. The van der Waals surface area contributed by atoms with Crippen LogP contribution in [0.1, 0.15) is 51.9 Å². The highest BCUT2D eigenvalue weighted by Gasteiger charge is 2.38. The predicted molar refractivity (Wildman–Crippen MR) is 105 cm³/mol. The third-order valence-electron chi connectivity index (χ3n) is 5.50. The molecule has 0 radical (unpaired) electrons. The molecule has 0 aromatic heterocycles. The molecule has 29 heavy (non-hydrogen) atoms. The molecule has 0 unspecified atom stereocenters. The Balaban J connectivity index is 1.62. The molecule has 2 aliphatic rings. The van der Waals surface area contributed by atoms with Gasteiger partial charge in [-0.3, -0.25) is 9.59 Å².